The Balaban J connectivity index is 2.52. The molecule has 20 heavy (non-hydrogen) atoms. The SMILES string of the molecule is CC1(O)C(n2ccc(=O)[nH]c2=O)OC(CO)(CF)C1O. The van der Waals surface area contributed by atoms with Crippen molar-refractivity contribution in [3.8, 4) is 0 Å². The van der Waals surface area contributed by atoms with Crippen molar-refractivity contribution >= 4 is 0 Å². The van der Waals surface area contributed by atoms with E-state index in [1.807, 2.05) is 4.98 Å². The first-order valence-electron chi connectivity index (χ1n) is 5.85. The molecule has 9 heteroatoms. The molecule has 1 aliphatic heterocycles. The van der Waals surface area contributed by atoms with Gasteiger partial charge in [0.2, 0.25) is 0 Å². The minimum Gasteiger partial charge on any atom is -0.393 e. The van der Waals surface area contributed by atoms with Crippen LogP contribution in [0.25, 0.3) is 0 Å². The maximum Gasteiger partial charge on any atom is 0.330 e. The lowest BCUT2D eigenvalue weighted by Crippen LogP contribution is -2.53. The molecule has 1 saturated heterocycles. The first kappa shape index (κ1) is 14.9. The lowest BCUT2D eigenvalue weighted by Gasteiger charge is -2.29. The van der Waals surface area contributed by atoms with Crippen LogP contribution in [0.4, 0.5) is 4.39 Å². The Labute approximate surface area is 112 Å². The van der Waals surface area contributed by atoms with Crippen LogP contribution in [0.3, 0.4) is 0 Å². The molecule has 0 bridgehead atoms. The van der Waals surface area contributed by atoms with Gasteiger partial charge in [-0.25, -0.2) is 9.18 Å². The van der Waals surface area contributed by atoms with E-state index in [9.17, 15) is 29.3 Å². The van der Waals surface area contributed by atoms with Crippen molar-refractivity contribution in [3.05, 3.63) is 33.1 Å². The van der Waals surface area contributed by atoms with Crippen LogP contribution in [0.1, 0.15) is 13.2 Å². The third kappa shape index (κ3) is 1.99. The van der Waals surface area contributed by atoms with E-state index in [2.05, 4.69) is 0 Å². The van der Waals surface area contributed by atoms with Crippen molar-refractivity contribution < 1.29 is 24.4 Å². The van der Waals surface area contributed by atoms with Gasteiger partial charge in [0.05, 0.1) is 6.61 Å². The fourth-order valence-corrected chi connectivity index (χ4v) is 2.29. The summed E-state index contributed by atoms with van der Waals surface area (Å²) in [5.41, 5.74) is -5.59. The Kier molecular flexibility index (Phi) is 3.54. The minimum absolute atomic E-state index is 0.650. The van der Waals surface area contributed by atoms with Crippen molar-refractivity contribution in [1.29, 1.82) is 0 Å². The normalized spacial score (nSPS) is 37.2. The van der Waals surface area contributed by atoms with Gasteiger partial charge < -0.3 is 20.1 Å². The maximum absolute atomic E-state index is 13.1. The van der Waals surface area contributed by atoms with Crippen LogP contribution in [-0.2, 0) is 4.74 Å². The number of rotatable bonds is 3. The van der Waals surface area contributed by atoms with Gasteiger partial charge in [-0.3, -0.25) is 14.3 Å². The number of hydrogen-bond acceptors (Lipinski definition) is 6. The summed E-state index contributed by atoms with van der Waals surface area (Å²) in [5, 5.41) is 29.5. The van der Waals surface area contributed by atoms with Crippen LogP contribution in [0.5, 0.6) is 0 Å². The Morgan fingerprint density at radius 2 is 2.20 bits per heavy atom. The largest absolute Gasteiger partial charge is 0.393 e. The molecular weight excluding hydrogens is 275 g/mol. The Morgan fingerprint density at radius 1 is 1.55 bits per heavy atom. The smallest absolute Gasteiger partial charge is 0.330 e. The lowest BCUT2D eigenvalue weighted by molar-refractivity contribution is -0.140. The number of hydrogen-bond donors (Lipinski definition) is 4. The summed E-state index contributed by atoms with van der Waals surface area (Å²) in [6.45, 7) is -0.988. The third-order valence-electron chi connectivity index (χ3n) is 3.50. The van der Waals surface area contributed by atoms with Gasteiger partial charge in [0.1, 0.15) is 18.4 Å². The first-order chi connectivity index (χ1) is 9.28. The summed E-state index contributed by atoms with van der Waals surface area (Å²) in [4.78, 5) is 24.6. The van der Waals surface area contributed by atoms with Gasteiger partial charge in [-0.05, 0) is 6.92 Å². The van der Waals surface area contributed by atoms with Gasteiger partial charge in [0.25, 0.3) is 5.56 Å². The zero-order valence-electron chi connectivity index (χ0n) is 10.6. The van der Waals surface area contributed by atoms with E-state index in [1.165, 1.54) is 0 Å². The predicted molar refractivity (Wildman–Crippen MR) is 63.9 cm³/mol. The van der Waals surface area contributed by atoms with Crippen molar-refractivity contribution in [2.45, 2.75) is 30.5 Å². The van der Waals surface area contributed by atoms with Crippen LogP contribution in [-0.4, -0.2) is 55.5 Å². The van der Waals surface area contributed by atoms with E-state index < -0.39 is 48.1 Å². The van der Waals surface area contributed by atoms with E-state index >= 15 is 0 Å². The summed E-state index contributed by atoms with van der Waals surface area (Å²) in [7, 11) is 0. The van der Waals surface area contributed by atoms with E-state index in [4.69, 9.17) is 4.74 Å². The summed E-state index contributed by atoms with van der Waals surface area (Å²) in [6.07, 6.45) is -2.16. The molecule has 0 aliphatic carbocycles. The van der Waals surface area contributed by atoms with Crippen LogP contribution in [0.15, 0.2) is 21.9 Å². The van der Waals surface area contributed by atoms with Crippen molar-refractivity contribution in [3.63, 3.8) is 0 Å². The Hall–Kier alpha value is -1.55. The molecular formula is C11H15FN2O6. The number of aliphatic hydroxyl groups is 3. The summed E-state index contributed by atoms with van der Waals surface area (Å²) in [5.74, 6) is 0. The third-order valence-corrected chi connectivity index (χ3v) is 3.50. The number of aromatic nitrogens is 2. The Bertz CT molecular complexity index is 605. The minimum atomic E-state index is -2.03. The molecule has 0 amide bonds. The van der Waals surface area contributed by atoms with Crippen molar-refractivity contribution in [2.75, 3.05) is 13.3 Å². The lowest BCUT2D eigenvalue weighted by atomic mass is 9.88. The number of ether oxygens (including phenoxy) is 1. The van der Waals surface area contributed by atoms with E-state index in [0.717, 1.165) is 23.8 Å². The fourth-order valence-electron chi connectivity index (χ4n) is 2.29. The number of halogens is 1. The van der Waals surface area contributed by atoms with E-state index in [-0.39, 0.29) is 0 Å². The average Bonchev–Trinajstić information content (AvgIpc) is 2.60. The summed E-state index contributed by atoms with van der Waals surface area (Å²) < 4.78 is 19.1. The average molecular weight is 290 g/mol. The second kappa shape index (κ2) is 4.77. The first-order valence-corrected chi connectivity index (χ1v) is 5.85. The highest BCUT2D eigenvalue weighted by Crippen LogP contribution is 2.43. The number of nitrogens with one attached hydrogen (secondary N) is 1. The van der Waals surface area contributed by atoms with Crippen LogP contribution >= 0.6 is 0 Å². The highest BCUT2D eigenvalue weighted by Gasteiger charge is 2.61. The molecule has 0 radical (unpaired) electrons. The van der Waals surface area contributed by atoms with Crippen molar-refractivity contribution in [2.24, 2.45) is 0 Å². The molecule has 112 valence electrons. The molecule has 0 aromatic carbocycles. The van der Waals surface area contributed by atoms with Gasteiger partial charge in [-0.2, -0.15) is 0 Å². The molecule has 1 aromatic heterocycles. The van der Waals surface area contributed by atoms with Gasteiger partial charge in [-0.15, -0.1) is 0 Å². The van der Waals surface area contributed by atoms with Gasteiger partial charge in [0.15, 0.2) is 11.8 Å². The molecule has 0 spiro atoms. The Morgan fingerprint density at radius 3 is 2.65 bits per heavy atom. The fraction of sp³-hybridized carbons (Fsp3) is 0.636. The second-order valence-electron chi connectivity index (χ2n) is 4.97. The zero-order valence-corrected chi connectivity index (χ0v) is 10.6. The van der Waals surface area contributed by atoms with Crippen LogP contribution in [0.2, 0.25) is 0 Å². The number of aromatic amines is 1. The highest BCUT2D eigenvalue weighted by atomic mass is 19.1. The molecule has 4 unspecified atom stereocenters. The molecule has 8 nitrogen and oxygen atoms in total. The zero-order chi connectivity index (χ0) is 15.1. The molecule has 2 heterocycles. The topological polar surface area (TPSA) is 125 Å². The number of H-pyrrole nitrogens is 1. The summed E-state index contributed by atoms with van der Waals surface area (Å²) >= 11 is 0. The molecule has 2 rings (SSSR count). The number of aliphatic hydroxyl groups excluding tert-OH is 2. The van der Waals surface area contributed by atoms with Gasteiger partial charge >= 0.3 is 5.69 Å². The molecule has 0 saturated carbocycles. The predicted octanol–water partition coefficient (Wildman–Crippen LogP) is -2.12. The van der Waals surface area contributed by atoms with Crippen LogP contribution in [0, 0.1) is 0 Å². The number of alkyl halides is 1. The molecule has 1 aromatic rings. The molecule has 4 N–H and O–H groups in total. The van der Waals surface area contributed by atoms with Gasteiger partial charge in [0, 0.05) is 12.3 Å². The van der Waals surface area contributed by atoms with E-state index in [1.54, 1.807) is 0 Å². The maximum atomic E-state index is 13.1. The summed E-state index contributed by atoms with van der Waals surface area (Å²) in [6, 6.07) is 1.02. The quantitative estimate of drug-likeness (QED) is 0.504. The monoisotopic (exact) mass is 290 g/mol. The van der Waals surface area contributed by atoms with Gasteiger partial charge in [-0.1, -0.05) is 0 Å². The molecule has 1 fully saturated rings. The van der Waals surface area contributed by atoms with Crippen LogP contribution < -0.4 is 11.2 Å². The second-order valence-corrected chi connectivity index (χ2v) is 4.97. The van der Waals surface area contributed by atoms with E-state index in [0.29, 0.717) is 0 Å². The standard InChI is InChI=1S/C11H15FN2O6/c1-10(19)7(17)11(4-12,5-15)20-8(10)14-3-2-6(16)13-9(14)18/h2-3,7-8,15,17,19H,4-5H2,1H3,(H,13,16,18). The molecule has 4 atom stereocenters. The van der Waals surface area contributed by atoms with Crippen molar-refractivity contribution in [1.82, 2.24) is 9.55 Å². The molecule has 1 aliphatic rings. The number of nitrogens with zero attached hydrogens (tertiary/aromatic N) is 1. The highest BCUT2D eigenvalue weighted by molar-refractivity contribution is 5.08.